The topological polar surface area (TPSA) is 155 Å². The van der Waals surface area contributed by atoms with E-state index >= 15 is 0 Å². The minimum absolute atomic E-state index is 0.102. The highest BCUT2D eigenvalue weighted by Crippen LogP contribution is 2.23. The number of nitriles is 1. The van der Waals surface area contributed by atoms with Crippen molar-refractivity contribution < 1.29 is 18.1 Å². The van der Waals surface area contributed by atoms with E-state index in [1.54, 1.807) is 9.42 Å². The van der Waals surface area contributed by atoms with Crippen molar-refractivity contribution in [3.05, 3.63) is 63.1 Å². The first-order valence-electron chi connectivity index (χ1n) is 10.9. The lowest BCUT2D eigenvalue weighted by molar-refractivity contribution is -0.385. The monoisotopic (exact) mass is 497 g/mol. The third kappa shape index (κ3) is 4.58. The third-order valence-corrected chi connectivity index (χ3v) is 8.07. The number of nitro groups is 1. The summed E-state index contributed by atoms with van der Waals surface area (Å²) in [6, 6.07) is 7.01. The number of hydrogen-bond donors (Lipinski definition) is 0. The fraction of sp³-hybridized carbons (Fsp3) is 0.364. The lowest BCUT2D eigenvalue weighted by Gasteiger charge is -2.34. The number of piperazine rings is 1. The van der Waals surface area contributed by atoms with Gasteiger partial charge in [-0.25, -0.2) is 17.9 Å². The van der Waals surface area contributed by atoms with E-state index < -0.39 is 14.9 Å². The van der Waals surface area contributed by atoms with Crippen LogP contribution in [0.25, 0.3) is 5.65 Å². The molecule has 1 aromatic carbocycles. The quantitative estimate of drug-likeness (QED) is 0.367. The molecule has 1 saturated heterocycles. The van der Waals surface area contributed by atoms with Crippen LogP contribution >= 0.6 is 0 Å². The highest BCUT2D eigenvalue weighted by Gasteiger charge is 2.31. The zero-order valence-electron chi connectivity index (χ0n) is 19.2. The van der Waals surface area contributed by atoms with Crippen LogP contribution in [0.3, 0.4) is 0 Å². The predicted octanol–water partition coefficient (Wildman–Crippen LogP) is 1.59. The highest BCUT2D eigenvalue weighted by molar-refractivity contribution is 7.89. The maximum atomic E-state index is 12.9. The summed E-state index contributed by atoms with van der Waals surface area (Å²) in [4.78, 5) is 29.2. The molecule has 0 atom stereocenters. The Balaban J connectivity index is 1.40. The van der Waals surface area contributed by atoms with Crippen LogP contribution < -0.4 is 0 Å². The normalized spacial score (nSPS) is 14.7. The fourth-order valence-corrected chi connectivity index (χ4v) is 5.69. The van der Waals surface area contributed by atoms with Gasteiger partial charge in [0.25, 0.3) is 5.69 Å². The number of fused-ring (bicyclic) bond motifs is 1. The molecule has 182 valence electrons. The van der Waals surface area contributed by atoms with Gasteiger partial charge in [0.05, 0.1) is 16.0 Å². The molecule has 0 radical (unpaired) electrons. The first kappa shape index (κ1) is 24.2. The molecule has 1 aliphatic heterocycles. The average Bonchev–Trinajstić information content (AvgIpc) is 3.26. The summed E-state index contributed by atoms with van der Waals surface area (Å²) >= 11 is 0. The SMILES string of the molecule is Cc1nc2c(C#N)cnn2c(C)c1CCC(=O)N1CCN(S(=O)(=O)c2cccc([N+](=O)[O-])c2)CC1. The number of amides is 1. The number of aromatic nitrogens is 3. The molecule has 12 nitrogen and oxygen atoms in total. The maximum Gasteiger partial charge on any atom is 0.270 e. The number of aryl methyl sites for hydroxylation is 2. The summed E-state index contributed by atoms with van der Waals surface area (Å²) < 4.78 is 28.7. The van der Waals surface area contributed by atoms with Crippen molar-refractivity contribution in [1.29, 1.82) is 5.26 Å². The van der Waals surface area contributed by atoms with E-state index in [2.05, 4.69) is 16.2 Å². The van der Waals surface area contributed by atoms with Crippen molar-refractivity contribution in [3.63, 3.8) is 0 Å². The number of carbonyl (C=O) groups excluding carboxylic acids is 1. The number of carbonyl (C=O) groups is 1. The van der Waals surface area contributed by atoms with E-state index in [0.717, 1.165) is 23.0 Å². The van der Waals surface area contributed by atoms with E-state index in [4.69, 9.17) is 0 Å². The molecule has 2 aromatic heterocycles. The number of sulfonamides is 1. The van der Waals surface area contributed by atoms with E-state index in [0.29, 0.717) is 17.6 Å². The number of nitro benzene ring substituents is 1. The molecule has 0 N–H and O–H groups in total. The largest absolute Gasteiger partial charge is 0.340 e. The minimum atomic E-state index is -3.90. The van der Waals surface area contributed by atoms with Crippen LogP contribution in [0.5, 0.6) is 0 Å². The van der Waals surface area contributed by atoms with Crippen molar-refractivity contribution in [1.82, 2.24) is 23.8 Å². The van der Waals surface area contributed by atoms with E-state index in [9.17, 15) is 28.6 Å². The summed E-state index contributed by atoms with van der Waals surface area (Å²) in [7, 11) is -3.90. The summed E-state index contributed by atoms with van der Waals surface area (Å²) in [5.74, 6) is -0.102. The standard InChI is InChI=1S/C22H23N7O5S/c1-15-20(16(2)28-22(25-15)17(13-23)14-24-28)6-7-21(30)26-8-10-27(11-9-26)35(33,34)19-5-3-4-18(12-19)29(31)32/h3-5,12,14H,6-11H2,1-2H3. The van der Waals surface area contributed by atoms with Crippen LogP contribution in [-0.2, 0) is 21.2 Å². The lowest BCUT2D eigenvalue weighted by atomic mass is 10.1. The zero-order valence-corrected chi connectivity index (χ0v) is 20.0. The summed E-state index contributed by atoms with van der Waals surface area (Å²) in [6.07, 6.45) is 2.12. The zero-order chi connectivity index (χ0) is 25.3. The Morgan fingerprint density at radius 1 is 1.23 bits per heavy atom. The smallest absolute Gasteiger partial charge is 0.270 e. The molecule has 13 heteroatoms. The van der Waals surface area contributed by atoms with Gasteiger partial charge in [0.2, 0.25) is 15.9 Å². The van der Waals surface area contributed by atoms with Gasteiger partial charge < -0.3 is 4.90 Å². The van der Waals surface area contributed by atoms with Gasteiger partial charge in [-0.05, 0) is 31.9 Å². The van der Waals surface area contributed by atoms with Crippen LogP contribution in [-0.4, -0.2) is 69.2 Å². The number of non-ortho nitro benzene ring substituents is 1. The van der Waals surface area contributed by atoms with Gasteiger partial charge in [0, 0.05) is 56.1 Å². The Hall–Kier alpha value is -3.89. The second kappa shape index (κ2) is 9.40. The second-order valence-electron chi connectivity index (χ2n) is 8.21. The highest BCUT2D eigenvalue weighted by atomic mass is 32.2. The molecule has 3 heterocycles. The maximum absolute atomic E-state index is 12.9. The fourth-order valence-electron chi connectivity index (χ4n) is 4.23. The summed E-state index contributed by atoms with van der Waals surface area (Å²) in [5.41, 5.74) is 3.00. The summed E-state index contributed by atoms with van der Waals surface area (Å²) in [6.45, 7) is 4.37. The molecule has 4 rings (SSSR count). The van der Waals surface area contributed by atoms with Gasteiger partial charge in [-0.3, -0.25) is 14.9 Å². The molecule has 1 amide bonds. The first-order valence-corrected chi connectivity index (χ1v) is 12.3. The number of benzene rings is 1. The second-order valence-corrected chi connectivity index (χ2v) is 10.1. The van der Waals surface area contributed by atoms with Gasteiger partial charge in [0.1, 0.15) is 11.6 Å². The van der Waals surface area contributed by atoms with Crippen molar-refractivity contribution in [2.75, 3.05) is 26.2 Å². The molecule has 0 aliphatic carbocycles. The van der Waals surface area contributed by atoms with Gasteiger partial charge in [-0.15, -0.1) is 0 Å². The Labute approximate surface area is 201 Å². The molecule has 3 aromatic rings. The molecule has 0 bridgehead atoms. The molecular formula is C22H23N7O5S. The number of nitrogens with zero attached hydrogens (tertiary/aromatic N) is 7. The number of hydrogen-bond acceptors (Lipinski definition) is 8. The number of rotatable bonds is 6. The van der Waals surface area contributed by atoms with Crippen molar-refractivity contribution in [3.8, 4) is 6.07 Å². The van der Waals surface area contributed by atoms with Gasteiger partial charge in [-0.2, -0.15) is 14.7 Å². The molecule has 1 aliphatic rings. The Morgan fingerprint density at radius 2 is 1.94 bits per heavy atom. The minimum Gasteiger partial charge on any atom is -0.340 e. The van der Waals surface area contributed by atoms with Gasteiger partial charge >= 0.3 is 0 Å². The van der Waals surface area contributed by atoms with Gasteiger partial charge in [0.15, 0.2) is 5.65 Å². The van der Waals surface area contributed by atoms with Gasteiger partial charge in [-0.1, -0.05) is 6.07 Å². The van der Waals surface area contributed by atoms with Crippen LogP contribution in [0.1, 0.15) is 28.9 Å². The van der Waals surface area contributed by atoms with Crippen molar-refractivity contribution >= 4 is 27.3 Å². The first-order chi connectivity index (χ1) is 16.6. The Bertz CT molecular complexity index is 1470. The van der Waals surface area contributed by atoms with Crippen LogP contribution in [0.4, 0.5) is 5.69 Å². The Morgan fingerprint density at radius 3 is 2.60 bits per heavy atom. The van der Waals surface area contributed by atoms with Crippen molar-refractivity contribution in [2.24, 2.45) is 0 Å². The van der Waals surface area contributed by atoms with Crippen molar-refractivity contribution in [2.45, 2.75) is 31.6 Å². The van der Waals surface area contributed by atoms with E-state index in [1.165, 1.54) is 28.7 Å². The van der Waals surface area contributed by atoms with E-state index in [1.807, 2.05) is 13.8 Å². The predicted molar refractivity (Wildman–Crippen MR) is 124 cm³/mol. The third-order valence-electron chi connectivity index (χ3n) is 6.18. The molecule has 0 spiro atoms. The van der Waals surface area contributed by atoms with E-state index in [-0.39, 0.29) is 49.1 Å². The average molecular weight is 498 g/mol. The lowest BCUT2D eigenvalue weighted by Crippen LogP contribution is -2.50. The Kier molecular flexibility index (Phi) is 6.51. The summed E-state index contributed by atoms with van der Waals surface area (Å²) in [5, 5.41) is 24.4. The van der Waals surface area contributed by atoms with Crippen LogP contribution in [0, 0.1) is 35.3 Å². The molecule has 1 fully saturated rings. The molecule has 35 heavy (non-hydrogen) atoms. The van der Waals surface area contributed by atoms with Crippen LogP contribution in [0.2, 0.25) is 0 Å². The van der Waals surface area contributed by atoms with Crippen LogP contribution in [0.15, 0.2) is 35.4 Å². The molecule has 0 saturated carbocycles. The molecule has 0 unspecified atom stereocenters. The molecular weight excluding hydrogens is 474 g/mol.